The van der Waals surface area contributed by atoms with Crippen molar-refractivity contribution in [1.29, 1.82) is 0 Å². The molecule has 1 unspecified atom stereocenters. The number of ether oxygens (including phenoxy) is 1. The topological polar surface area (TPSA) is 39.1 Å². The molecule has 1 aromatic heterocycles. The quantitative estimate of drug-likeness (QED) is 0.844. The van der Waals surface area contributed by atoms with Gasteiger partial charge in [-0.05, 0) is 26.7 Å². The van der Waals surface area contributed by atoms with E-state index in [4.69, 9.17) is 4.74 Å². The highest BCUT2D eigenvalue weighted by Crippen LogP contribution is 2.17. The molecule has 1 aliphatic carbocycles. The molecule has 1 aromatic rings. The van der Waals surface area contributed by atoms with E-state index in [2.05, 4.69) is 24.3 Å². The van der Waals surface area contributed by atoms with Gasteiger partial charge in [0.1, 0.15) is 6.10 Å². The third kappa shape index (κ3) is 4.02. The van der Waals surface area contributed by atoms with Crippen LogP contribution in [-0.2, 0) is 6.54 Å². The Labute approximate surface area is 110 Å². The number of aromatic nitrogens is 2. The first kappa shape index (κ1) is 13.4. The normalized spacial score (nSPS) is 18.8. The maximum atomic E-state index is 5.84. The van der Waals surface area contributed by atoms with E-state index in [1.165, 1.54) is 32.1 Å². The van der Waals surface area contributed by atoms with Gasteiger partial charge in [-0.15, -0.1) is 0 Å². The van der Waals surface area contributed by atoms with Gasteiger partial charge in [0.2, 0.25) is 0 Å². The smallest absolute Gasteiger partial charge is 0.157 e. The third-order valence-electron chi connectivity index (χ3n) is 3.57. The minimum absolute atomic E-state index is 0.196. The predicted molar refractivity (Wildman–Crippen MR) is 72.9 cm³/mol. The molecule has 1 aliphatic rings. The lowest BCUT2D eigenvalue weighted by atomic mass is 9.95. The number of nitrogens with one attached hydrogen (secondary N) is 1. The Morgan fingerprint density at radius 2 is 2.22 bits per heavy atom. The summed E-state index contributed by atoms with van der Waals surface area (Å²) in [6.45, 7) is 5.99. The number of nitrogens with zero attached hydrogens (tertiary/aromatic N) is 2. The van der Waals surface area contributed by atoms with Gasteiger partial charge in [-0.25, -0.2) is 0 Å². The van der Waals surface area contributed by atoms with Crippen LogP contribution in [0.15, 0.2) is 12.4 Å². The van der Waals surface area contributed by atoms with Gasteiger partial charge in [-0.3, -0.25) is 4.68 Å². The summed E-state index contributed by atoms with van der Waals surface area (Å²) >= 11 is 0. The Morgan fingerprint density at radius 3 is 2.89 bits per heavy atom. The van der Waals surface area contributed by atoms with Crippen LogP contribution in [0.4, 0.5) is 0 Å². The Balaban J connectivity index is 1.69. The Hall–Kier alpha value is -1.03. The second-order valence-corrected chi connectivity index (χ2v) is 5.20. The van der Waals surface area contributed by atoms with Crippen molar-refractivity contribution in [2.45, 2.75) is 64.6 Å². The molecular weight excluding hydrogens is 226 g/mol. The molecule has 0 spiro atoms. The first-order chi connectivity index (χ1) is 8.78. The van der Waals surface area contributed by atoms with Gasteiger partial charge in [0.15, 0.2) is 5.75 Å². The molecule has 1 saturated carbocycles. The fraction of sp³-hybridized carbons (Fsp3) is 0.786. The van der Waals surface area contributed by atoms with Crippen molar-refractivity contribution >= 4 is 0 Å². The standard InChI is InChI=1S/C14H25N3O/c1-3-17-11-14(10-16-17)18-12(2)9-15-13-7-5-4-6-8-13/h10-13,15H,3-9H2,1-2H3. The molecule has 1 atom stereocenters. The van der Waals surface area contributed by atoms with Gasteiger partial charge in [-0.2, -0.15) is 5.10 Å². The third-order valence-corrected chi connectivity index (χ3v) is 3.57. The first-order valence-electron chi connectivity index (χ1n) is 7.20. The summed E-state index contributed by atoms with van der Waals surface area (Å²) in [5.74, 6) is 0.870. The molecule has 0 bridgehead atoms. The second-order valence-electron chi connectivity index (χ2n) is 5.20. The molecule has 4 nitrogen and oxygen atoms in total. The summed E-state index contributed by atoms with van der Waals surface area (Å²) < 4.78 is 7.73. The van der Waals surface area contributed by atoms with E-state index in [9.17, 15) is 0 Å². The highest BCUT2D eigenvalue weighted by molar-refractivity contribution is 5.12. The van der Waals surface area contributed by atoms with Gasteiger partial charge < -0.3 is 10.1 Å². The highest BCUT2D eigenvalue weighted by Gasteiger charge is 2.14. The van der Waals surface area contributed by atoms with Gasteiger partial charge in [-0.1, -0.05) is 19.3 Å². The van der Waals surface area contributed by atoms with Crippen LogP contribution < -0.4 is 10.1 Å². The average molecular weight is 251 g/mol. The molecule has 1 fully saturated rings. The zero-order valence-electron chi connectivity index (χ0n) is 11.6. The molecule has 0 saturated heterocycles. The number of hydrogen-bond donors (Lipinski definition) is 1. The molecule has 1 N–H and O–H groups in total. The van der Waals surface area contributed by atoms with E-state index in [-0.39, 0.29) is 6.10 Å². The fourth-order valence-corrected chi connectivity index (χ4v) is 2.49. The van der Waals surface area contributed by atoms with E-state index in [1.54, 1.807) is 6.20 Å². The van der Waals surface area contributed by atoms with Crippen molar-refractivity contribution in [2.24, 2.45) is 0 Å². The molecule has 0 aromatic carbocycles. The molecule has 1 heterocycles. The van der Waals surface area contributed by atoms with Crippen molar-refractivity contribution < 1.29 is 4.74 Å². The lowest BCUT2D eigenvalue weighted by Crippen LogP contribution is -2.37. The molecular formula is C14H25N3O. The summed E-state index contributed by atoms with van der Waals surface area (Å²) in [4.78, 5) is 0. The molecule has 0 amide bonds. The van der Waals surface area contributed by atoms with Gasteiger partial charge >= 0.3 is 0 Å². The van der Waals surface area contributed by atoms with Gasteiger partial charge in [0.25, 0.3) is 0 Å². The van der Waals surface area contributed by atoms with Crippen molar-refractivity contribution in [3.63, 3.8) is 0 Å². The minimum Gasteiger partial charge on any atom is -0.486 e. The molecule has 102 valence electrons. The molecule has 0 aliphatic heterocycles. The van der Waals surface area contributed by atoms with Gasteiger partial charge in [0, 0.05) is 19.1 Å². The summed E-state index contributed by atoms with van der Waals surface area (Å²) in [6.07, 6.45) is 10.7. The number of hydrogen-bond acceptors (Lipinski definition) is 3. The lowest BCUT2D eigenvalue weighted by Gasteiger charge is -2.24. The second kappa shape index (κ2) is 6.78. The maximum absolute atomic E-state index is 5.84. The largest absolute Gasteiger partial charge is 0.486 e. The average Bonchev–Trinajstić information content (AvgIpc) is 2.85. The molecule has 18 heavy (non-hydrogen) atoms. The van der Waals surface area contributed by atoms with E-state index in [0.29, 0.717) is 6.04 Å². The van der Waals surface area contributed by atoms with Crippen LogP contribution in [0.25, 0.3) is 0 Å². The Kier molecular flexibility index (Phi) is 5.05. The van der Waals surface area contributed by atoms with Crippen LogP contribution in [0.3, 0.4) is 0 Å². The highest BCUT2D eigenvalue weighted by atomic mass is 16.5. The summed E-state index contributed by atoms with van der Waals surface area (Å²) in [6, 6.07) is 0.697. The van der Waals surface area contributed by atoms with Crippen LogP contribution in [0, 0.1) is 0 Å². The maximum Gasteiger partial charge on any atom is 0.157 e. The predicted octanol–water partition coefficient (Wildman–Crippen LogP) is 2.59. The van der Waals surface area contributed by atoms with Crippen LogP contribution in [0.1, 0.15) is 46.0 Å². The summed E-state index contributed by atoms with van der Waals surface area (Å²) in [7, 11) is 0. The fourth-order valence-electron chi connectivity index (χ4n) is 2.49. The van der Waals surface area contributed by atoms with Crippen molar-refractivity contribution in [3.05, 3.63) is 12.4 Å². The summed E-state index contributed by atoms with van der Waals surface area (Å²) in [5.41, 5.74) is 0. The Morgan fingerprint density at radius 1 is 1.44 bits per heavy atom. The number of aryl methyl sites for hydroxylation is 1. The monoisotopic (exact) mass is 251 g/mol. The van der Waals surface area contributed by atoms with Crippen molar-refractivity contribution in [1.82, 2.24) is 15.1 Å². The van der Waals surface area contributed by atoms with Crippen molar-refractivity contribution in [3.8, 4) is 5.75 Å². The van der Waals surface area contributed by atoms with Gasteiger partial charge in [0.05, 0.1) is 12.4 Å². The zero-order valence-corrected chi connectivity index (χ0v) is 11.6. The van der Waals surface area contributed by atoms with E-state index < -0.39 is 0 Å². The SMILES string of the molecule is CCn1cc(OC(C)CNC2CCCCC2)cn1. The molecule has 4 heteroatoms. The zero-order chi connectivity index (χ0) is 12.8. The van der Waals surface area contributed by atoms with Crippen LogP contribution in [-0.4, -0.2) is 28.5 Å². The number of rotatable bonds is 6. The van der Waals surface area contributed by atoms with E-state index >= 15 is 0 Å². The van der Waals surface area contributed by atoms with Crippen LogP contribution in [0.2, 0.25) is 0 Å². The van der Waals surface area contributed by atoms with Crippen molar-refractivity contribution in [2.75, 3.05) is 6.54 Å². The van der Waals surface area contributed by atoms with Crippen LogP contribution >= 0.6 is 0 Å². The van der Waals surface area contributed by atoms with E-state index in [0.717, 1.165) is 18.8 Å². The first-order valence-corrected chi connectivity index (χ1v) is 7.20. The lowest BCUT2D eigenvalue weighted by molar-refractivity contribution is 0.205. The molecule has 2 rings (SSSR count). The van der Waals surface area contributed by atoms with Crippen LogP contribution in [0.5, 0.6) is 5.75 Å². The molecule has 0 radical (unpaired) electrons. The Bertz CT molecular complexity index is 345. The minimum atomic E-state index is 0.196. The summed E-state index contributed by atoms with van der Waals surface area (Å²) in [5, 5.41) is 7.82. The van der Waals surface area contributed by atoms with E-state index in [1.807, 2.05) is 10.9 Å².